The lowest BCUT2D eigenvalue weighted by Crippen LogP contribution is -2.26. The van der Waals surface area contributed by atoms with E-state index in [1.807, 2.05) is 12.1 Å². The number of rotatable bonds is 6. The van der Waals surface area contributed by atoms with Crippen LogP contribution in [0.2, 0.25) is 0 Å². The molecule has 0 bridgehead atoms. The Morgan fingerprint density at radius 2 is 1.54 bits per heavy atom. The number of carbonyl (C=O) groups excluding carboxylic acids is 1. The first kappa shape index (κ1) is 23.1. The summed E-state index contributed by atoms with van der Waals surface area (Å²) in [5, 5.41) is 2.31. The molecule has 1 heterocycles. The molecule has 0 atom stereocenters. The highest BCUT2D eigenvalue weighted by Crippen LogP contribution is 2.31. The van der Waals surface area contributed by atoms with Gasteiger partial charge in [-0.05, 0) is 63.4 Å². The molecule has 0 spiro atoms. The van der Waals surface area contributed by atoms with Crippen LogP contribution in [0.5, 0.6) is 0 Å². The summed E-state index contributed by atoms with van der Waals surface area (Å²) < 4.78 is 38.4. The molecule has 0 radical (unpaired) electrons. The predicted molar refractivity (Wildman–Crippen MR) is 132 cm³/mol. The van der Waals surface area contributed by atoms with Gasteiger partial charge in [-0.15, -0.1) is 0 Å². The Morgan fingerprint density at radius 3 is 2.17 bits per heavy atom. The Labute approximate surface area is 202 Å². The lowest BCUT2D eigenvalue weighted by atomic mass is 10.0. The molecule has 1 fully saturated rings. The molecular formula is C29H25F3N2O. The lowest BCUT2D eigenvalue weighted by Gasteiger charge is -2.19. The number of hydrogen-bond donors (Lipinski definition) is 0. The maximum atomic E-state index is 13.1. The summed E-state index contributed by atoms with van der Waals surface area (Å²) in [6, 6.07) is 24.7. The topological polar surface area (TPSA) is 23.3 Å². The molecule has 0 N–H and O–H groups in total. The minimum absolute atomic E-state index is 0.112. The van der Waals surface area contributed by atoms with Gasteiger partial charge in [0.1, 0.15) is 0 Å². The van der Waals surface area contributed by atoms with Crippen LogP contribution in [0.25, 0.3) is 21.9 Å². The van der Waals surface area contributed by atoms with Crippen LogP contribution in [-0.4, -0.2) is 35.8 Å². The van der Waals surface area contributed by atoms with Gasteiger partial charge < -0.3 is 4.90 Å². The molecule has 1 amide bonds. The van der Waals surface area contributed by atoms with Crippen LogP contribution < -0.4 is 0 Å². The zero-order valence-corrected chi connectivity index (χ0v) is 19.3. The summed E-state index contributed by atoms with van der Waals surface area (Å²) in [5.41, 5.74) is 3.65. The number of alkyl halides is 3. The van der Waals surface area contributed by atoms with Gasteiger partial charge in [-0.1, -0.05) is 54.6 Å². The van der Waals surface area contributed by atoms with E-state index >= 15 is 0 Å². The number of halogens is 3. The second kappa shape index (κ2) is 9.19. The summed E-state index contributed by atoms with van der Waals surface area (Å²) in [6.07, 6.45) is -4.36. The maximum Gasteiger partial charge on any atom is 0.416 e. The molecule has 4 aromatic carbocycles. The summed E-state index contributed by atoms with van der Waals surface area (Å²) in [5.74, 6) is -0.112. The van der Waals surface area contributed by atoms with Gasteiger partial charge in [0.2, 0.25) is 0 Å². The van der Waals surface area contributed by atoms with Crippen LogP contribution in [0, 0.1) is 0 Å². The highest BCUT2D eigenvalue weighted by Gasteiger charge is 2.30. The van der Waals surface area contributed by atoms with Crippen molar-refractivity contribution in [2.24, 2.45) is 0 Å². The van der Waals surface area contributed by atoms with Gasteiger partial charge in [0, 0.05) is 38.8 Å². The van der Waals surface area contributed by atoms with Crippen LogP contribution in [0.4, 0.5) is 13.2 Å². The second-order valence-corrected chi connectivity index (χ2v) is 9.06. The zero-order chi connectivity index (χ0) is 24.6. The van der Waals surface area contributed by atoms with Crippen molar-refractivity contribution in [2.75, 3.05) is 20.1 Å². The predicted octanol–water partition coefficient (Wildman–Crippen LogP) is 6.61. The van der Waals surface area contributed by atoms with Crippen LogP contribution in [0.3, 0.4) is 0 Å². The summed E-state index contributed by atoms with van der Waals surface area (Å²) in [6.45, 7) is 3.77. The van der Waals surface area contributed by atoms with Crippen LogP contribution >= 0.6 is 0 Å². The van der Waals surface area contributed by atoms with Crippen molar-refractivity contribution in [1.29, 1.82) is 0 Å². The van der Waals surface area contributed by atoms with Gasteiger partial charge in [0.25, 0.3) is 5.91 Å². The lowest BCUT2D eigenvalue weighted by molar-refractivity contribution is -0.137. The molecule has 4 aromatic rings. The van der Waals surface area contributed by atoms with E-state index in [4.69, 9.17) is 0 Å². The third-order valence-corrected chi connectivity index (χ3v) is 6.41. The van der Waals surface area contributed by atoms with Gasteiger partial charge in [-0.25, -0.2) is 0 Å². The van der Waals surface area contributed by atoms with Crippen LogP contribution in [-0.2, 0) is 19.3 Å². The summed E-state index contributed by atoms with van der Waals surface area (Å²) in [4.78, 5) is 17.1. The second-order valence-electron chi connectivity index (χ2n) is 9.06. The zero-order valence-electron chi connectivity index (χ0n) is 19.3. The van der Waals surface area contributed by atoms with E-state index in [1.54, 1.807) is 36.2 Å². The minimum Gasteiger partial charge on any atom is -0.337 e. The Morgan fingerprint density at radius 1 is 0.886 bits per heavy atom. The first-order valence-electron chi connectivity index (χ1n) is 11.5. The maximum absolute atomic E-state index is 13.1. The molecule has 0 aromatic heterocycles. The molecule has 178 valence electrons. The molecule has 3 nitrogen and oxygen atoms in total. The standard InChI is InChI=1S/C29H25F3N2O/c1-33(19-25-4-2-3-24-17-20(5-14-27(24)25)18-34-15-16-34)28(35)23-8-6-21(7-9-23)22-10-12-26(13-11-22)29(30,31)32/h2-14,17H,15-16,18-19H2,1H3. The van der Waals surface area contributed by atoms with Gasteiger partial charge >= 0.3 is 6.18 Å². The summed E-state index contributed by atoms with van der Waals surface area (Å²) in [7, 11) is 1.78. The number of carbonyl (C=O) groups is 1. The number of amides is 1. The smallest absolute Gasteiger partial charge is 0.337 e. The molecule has 35 heavy (non-hydrogen) atoms. The SMILES string of the molecule is CN(Cc1cccc2cc(CN3CC3)ccc12)C(=O)c1ccc(-c2ccc(C(F)(F)F)cc2)cc1. The molecular weight excluding hydrogens is 449 g/mol. The largest absolute Gasteiger partial charge is 0.416 e. The Hall–Kier alpha value is -3.64. The first-order valence-corrected chi connectivity index (χ1v) is 11.5. The third kappa shape index (κ3) is 5.23. The van der Waals surface area contributed by atoms with Crippen molar-refractivity contribution in [3.05, 3.63) is 107 Å². The van der Waals surface area contributed by atoms with Crippen molar-refractivity contribution >= 4 is 16.7 Å². The van der Waals surface area contributed by atoms with E-state index in [0.717, 1.165) is 48.3 Å². The van der Waals surface area contributed by atoms with E-state index in [-0.39, 0.29) is 5.91 Å². The normalized spacial score (nSPS) is 13.7. The molecule has 1 saturated heterocycles. The Balaban J connectivity index is 1.29. The van der Waals surface area contributed by atoms with Crippen molar-refractivity contribution in [3.63, 3.8) is 0 Å². The van der Waals surface area contributed by atoms with Crippen LogP contribution in [0.15, 0.2) is 84.9 Å². The number of nitrogens with zero attached hydrogens (tertiary/aromatic N) is 2. The molecule has 6 heteroatoms. The van der Waals surface area contributed by atoms with Crippen molar-refractivity contribution in [2.45, 2.75) is 19.3 Å². The van der Waals surface area contributed by atoms with Crippen LogP contribution in [0.1, 0.15) is 27.0 Å². The van der Waals surface area contributed by atoms with E-state index in [2.05, 4.69) is 29.2 Å². The molecule has 0 aliphatic carbocycles. The molecule has 1 aliphatic rings. The Kier molecular flexibility index (Phi) is 6.07. The highest BCUT2D eigenvalue weighted by molar-refractivity contribution is 5.95. The summed E-state index contributed by atoms with van der Waals surface area (Å²) >= 11 is 0. The fraction of sp³-hybridized carbons (Fsp3) is 0.207. The quantitative estimate of drug-likeness (QED) is 0.294. The van der Waals surface area contributed by atoms with Crippen molar-refractivity contribution < 1.29 is 18.0 Å². The van der Waals surface area contributed by atoms with Gasteiger partial charge in [0.15, 0.2) is 0 Å². The molecule has 0 unspecified atom stereocenters. The average molecular weight is 475 g/mol. The highest BCUT2D eigenvalue weighted by atomic mass is 19.4. The Bertz CT molecular complexity index is 1360. The number of hydrogen-bond acceptors (Lipinski definition) is 2. The van der Waals surface area contributed by atoms with E-state index in [1.165, 1.54) is 23.1 Å². The average Bonchev–Trinajstić information content (AvgIpc) is 3.67. The molecule has 0 saturated carbocycles. The molecule has 5 rings (SSSR count). The fourth-order valence-electron chi connectivity index (χ4n) is 4.33. The first-order chi connectivity index (χ1) is 16.8. The van der Waals surface area contributed by atoms with Crippen molar-refractivity contribution in [3.8, 4) is 11.1 Å². The van der Waals surface area contributed by atoms with E-state index < -0.39 is 11.7 Å². The van der Waals surface area contributed by atoms with Gasteiger partial charge in [-0.2, -0.15) is 13.2 Å². The monoisotopic (exact) mass is 474 g/mol. The van der Waals surface area contributed by atoms with Crippen molar-refractivity contribution in [1.82, 2.24) is 9.80 Å². The van der Waals surface area contributed by atoms with E-state index in [0.29, 0.717) is 17.7 Å². The fourth-order valence-corrected chi connectivity index (χ4v) is 4.33. The third-order valence-electron chi connectivity index (χ3n) is 6.41. The van der Waals surface area contributed by atoms with E-state index in [9.17, 15) is 18.0 Å². The minimum atomic E-state index is -4.36. The van der Waals surface area contributed by atoms with Gasteiger partial charge in [0.05, 0.1) is 5.56 Å². The van der Waals surface area contributed by atoms with Gasteiger partial charge in [-0.3, -0.25) is 9.69 Å². The molecule has 1 aliphatic heterocycles. The number of benzene rings is 4. The number of fused-ring (bicyclic) bond motifs is 1.